The molecule has 3 nitrogen and oxygen atoms in total. The molecule has 0 aliphatic rings. The molecule has 0 aliphatic heterocycles. The summed E-state index contributed by atoms with van der Waals surface area (Å²) in [7, 11) is 0. The van der Waals surface area contributed by atoms with E-state index < -0.39 is 5.97 Å². The molecule has 0 saturated heterocycles. The summed E-state index contributed by atoms with van der Waals surface area (Å²) in [6, 6.07) is 0. The Bertz CT molecular complexity index is 162. The molecule has 0 fully saturated rings. The normalized spacial score (nSPS) is 10.8. The average molecular weight is 163 g/mol. The molecule has 0 aromatic heterocycles. The largest absolute Gasteiger partial charge is 0.462 e. The first kappa shape index (κ1) is 9.17. The molecule has 0 heterocycles. The highest BCUT2D eigenvalue weighted by Crippen LogP contribution is 2.01. The molecule has 56 valence electrons. The minimum atomic E-state index is -0.670. The van der Waals surface area contributed by atoms with E-state index >= 15 is 0 Å². The summed E-state index contributed by atoms with van der Waals surface area (Å²) in [5, 5.41) is -0.197. The van der Waals surface area contributed by atoms with Crippen LogP contribution in [0.1, 0.15) is 6.92 Å². The van der Waals surface area contributed by atoms with E-state index in [1.54, 1.807) is 6.92 Å². The molecular weight excluding hydrogens is 156 g/mol. The lowest BCUT2D eigenvalue weighted by molar-refractivity contribution is -0.137. The van der Waals surface area contributed by atoms with Crippen LogP contribution in [0.5, 0.6) is 0 Å². The highest BCUT2D eigenvalue weighted by Gasteiger charge is 2.04. The van der Waals surface area contributed by atoms with Gasteiger partial charge in [0.25, 0.3) is 0 Å². The Kier molecular flexibility index (Phi) is 4.58. The van der Waals surface area contributed by atoms with Gasteiger partial charge in [0.15, 0.2) is 0 Å². The van der Waals surface area contributed by atoms with E-state index in [0.29, 0.717) is 6.29 Å². The molecule has 0 bridgehead atoms. The van der Waals surface area contributed by atoms with Gasteiger partial charge in [0, 0.05) is 6.08 Å². The third-order valence-electron chi connectivity index (χ3n) is 0.685. The van der Waals surface area contributed by atoms with Gasteiger partial charge in [0.05, 0.1) is 6.61 Å². The number of rotatable bonds is 3. The highest BCUT2D eigenvalue weighted by molar-refractivity contribution is 6.42. The van der Waals surface area contributed by atoms with Crippen LogP contribution in [0.3, 0.4) is 0 Å². The molecule has 0 radical (unpaired) electrons. The van der Waals surface area contributed by atoms with Gasteiger partial charge in [-0.1, -0.05) is 11.6 Å². The van der Waals surface area contributed by atoms with E-state index in [2.05, 4.69) is 4.74 Å². The lowest BCUT2D eigenvalue weighted by Crippen LogP contribution is -2.03. The lowest BCUT2D eigenvalue weighted by Gasteiger charge is -1.96. The van der Waals surface area contributed by atoms with Gasteiger partial charge in [0.2, 0.25) is 0 Å². The molecule has 0 aromatic rings. The number of hydrogen-bond acceptors (Lipinski definition) is 3. The maximum absolute atomic E-state index is 10.6. The quantitative estimate of drug-likeness (QED) is 0.351. The number of halogens is 1. The average Bonchev–Trinajstić information content (AvgIpc) is 1.89. The van der Waals surface area contributed by atoms with Gasteiger partial charge >= 0.3 is 5.97 Å². The monoisotopic (exact) mass is 162 g/mol. The number of allylic oxidation sites excluding steroid dienone is 1. The van der Waals surface area contributed by atoms with E-state index in [1.807, 2.05) is 0 Å². The van der Waals surface area contributed by atoms with Crippen molar-refractivity contribution in [1.29, 1.82) is 0 Å². The fourth-order valence-corrected chi connectivity index (χ4v) is 0.434. The van der Waals surface area contributed by atoms with Crippen molar-refractivity contribution in [1.82, 2.24) is 0 Å². The van der Waals surface area contributed by atoms with Crippen molar-refractivity contribution in [2.24, 2.45) is 0 Å². The van der Waals surface area contributed by atoms with Crippen molar-refractivity contribution in [2.75, 3.05) is 6.61 Å². The second-order valence-electron chi connectivity index (χ2n) is 1.37. The summed E-state index contributed by atoms with van der Waals surface area (Å²) in [5.41, 5.74) is 0. The summed E-state index contributed by atoms with van der Waals surface area (Å²) >= 11 is 5.27. The third kappa shape index (κ3) is 3.25. The van der Waals surface area contributed by atoms with E-state index in [4.69, 9.17) is 11.6 Å². The molecule has 0 saturated carbocycles. The first-order valence-electron chi connectivity index (χ1n) is 2.70. The first-order valence-corrected chi connectivity index (χ1v) is 3.08. The molecule has 0 aromatic carbocycles. The van der Waals surface area contributed by atoms with Gasteiger partial charge in [-0.05, 0) is 6.92 Å². The maximum atomic E-state index is 10.6. The van der Waals surface area contributed by atoms with Crippen molar-refractivity contribution >= 4 is 23.9 Å². The van der Waals surface area contributed by atoms with Crippen molar-refractivity contribution < 1.29 is 14.3 Å². The van der Waals surface area contributed by atoms with Crippen LogP contribution in [0.2, 0.25) is 0 Å². The lowest BCUT2D eigenvalue weighted by atomic mass is 10.5. The molecule has 0 unspecified atom stereocenters. The number of ether oxygens (including phenoxy) is 1. The number of hydrogen-bond donors (Lipinski definition) is 0. The van der Waals surface area contributed by atoms with Crippen LogP contribution >= 0.6 is 11.6 Å². The molecule has 0 spiro atoms. The molecule has 0 amide bonds. The molecule has 4 heteroatoms. The Morgan fingerprint density at radius 2 is 2.30 bits per heavy atom. The van der Waals surface area contributed by atoms with Crippen molar-refractivity contribution in [3.8, 4) is 0 Å². The zero-order valence-corrected chi connectivity index (χ0v) is 6.22. The Hall–Kier alpha value is -0.830. The maximum Gasteiger partial charge on any atom is 0.349 e. The van der Waals surface area contributed by atoms with Crippen LogP contribution in [0.15, 0.2) is 11.1 Å². The predicted octanol–water partition coefficient (Wildman–Crippen LogP) is 0.871. The van der Waals surface area contributed by atoms with E-state index in [0.717, 1.165) is 6.08 Å². The zero-order chi connectivity index (χ0) is 7.98. The molecule has 0 aliphatic carbocycles. The number of esters is 1. The van der Waals surface area contributed by atoms with Gasteiger partial charge in [-0.15, -0.1) is 0 Å². The standard InChI is InChI=1S/C6H7ClO3/c1-2-10-6(9)5(7)3-4-8/h3-4H,2H2,1H3. The summed E-state index contributed by atoms with van der Waals surface area (Å²) in [6.45, 7) is 1.91. The summed E-state index contributed by atoms with van der Waals surface area (Å²) in [4.78, 5) is 20.3. The Morgan fingerprint density at radius 3 is 2.70 bits per heavy atom. The Labute approximate surface area is 63.6 Å². The molecule has 0 atom stereocenters. The van der Waals surface area contributed by atoms with Gasteiger partial charge in [-0.25, -0.2) is 4.79 Å². The highest BCUT2D eigenvalue weighted by atomic mass is 35.5. The molecule has 0 N–H and O–H groups in total. The SMILES string of the molecule is CCOC(=O)C(Cl)=CC=O. The van der Waals surface area contributed by atoms with Gasteiger partial charge < -0.3 is 4.74 Å². The second-order valence-corrected chi connectivity index (χ2v) is 1.78. The van der Waals surface area contributed by atoms with E-state index in [1.165, 1.54) is 0 Å². The van der Waals surface area contributed by atoms with Crippen LogP contribution in [-0.4, -0.2) is 18.9 Å². The van der Waals surface area contributed by atoms with Crippen molar-refractivity contribution in [3.63, 3.8) is 0 Å². The smallest absolute Gasteiger partial charge is 0.349 e. The van der Waals surface area contributed by atoms with Crippen LogP contribution in [0.25, 0.3) is 0 Å². The minimum absolute atomic E-state index is 0.197. The molecular formula is C6H7ClO3. The fraction of sp³-hybridized carbons (Fsp3) is 0.333. The van der Waals surface area contributed by atoms with Crippen molar-refractivity contribution in [3.05, 3.63) is 11.1 Å². The van der Waals surface area contributed by atoms with Crippen molar-refractivity contribution in [2.45, 2.75) is 6.92 Å². The van der Waals surface area contributed by atoms with Crippen LogP contribution in [-0.2, 0) is 14.3 Å². The molecule has 0 rings (SSSR count). The number of carbonyl (C=O) groups excluding carboxylic acids is 2. The van der Waals surface area contributed by atoms with Gasteiger partial charge in [-0.2, -0.15) is 0 Å². The van der Waals surface area contributed by atoms with E-state index in [-0.39, 0.29) is 11.6 Å². The number of carbonyl (C=O) groups is 2. The van der Waals surface area contributed by atoms with Crippen LogP contribution < -0.4 is 0 Å². The fourth-order valence-electron chi connectivity index (χ4n) is 0.328. The van der Waals surface area contributed by atoms with E-state index in [9.17, 15) is 9.59 Å². The van der Waals surface area contributed by atoms with Gasteiger partial charge in [0.1, 0.15) is 11.3 Å². The summed E-state index contributed by atoms with van der Waals surface area (Å²) < 4.78 is 4.46. The topological polar surface area (TPSA) is 43.4 Å². The number of aldehydes is 1. The third-order valence-corrected chi connectivity index (χ3v) is 0.965. The minimum Gasteiger partial charge on any atom is -0.462 e. The van der Waals surface area contributed by atoms with Crippen LogP contribution in [0.4, 0.5) is 0 Å². The first-order chi connectivity index (χ1) is 4.72. The second kappa shape index (κ2) is 4.99. The Morgan fingerprint density at radius 1 is 1.70 bits per heavy atom. The van der Waals surface area contributed by atoms with Crippen LogP contribution in [0, 0.1) is 0 Å². The zero-order valence-electron chi connectivity index (χ0n) is 5.46. The summed E-state index contributed by atoms with van der Waals surface area (Å²) in [5.74, 6) is -0.670. The predicted molar refractivity (Wildman–Crippen MR) is 36.6 cm³/mol. The summed E-state index contributed by atoms with van der Waals surface area (Å²) in [6.07, 6.45) is 1.37. The van der Waals surface area contributed by atoms with Gasteiger partial charge in [-0.3, -0.25) is 4.79 Å². The Balaban J connectivity index is 3.93. The molecule has 10 heavy (non-hydrogen) atoms.